The van der Waals surface area contributed by atoms with Gasteiger partial charge in [0.2, 0.25) is 0 Å². The second-order valence-corrected chi connectivity index (χ2v) is 5.16. The third kappa shape index (κ3) is 3.44. The number of aromatic hydroxyl groups is 2. The third-order valence-electron chi connectivity index (χ3n) is 3.33. The summed E-state index contributed by atoms with van der Waals surface area (Å²) in [5, 5.41) is 23.1. The van der Waals surface area contributed by atoms with E-state index in [0.29, 0.717) is 5.71 Å². The molecule has 2 aromatic rings. The summed E-state index contributed by atoms with van der Waals surface area (Å²) in [4.78, 5) is 12.0. The molecule has 0 aliphatic carbocycles. The summed E-state index contributed by atoms with van der Waals surface area (Å²) in [7, 11) is 0. The molecule has 0 aliphatic rings. The Kier molecular flexibility index (Phi) is 4.46. The van der Waals surface area contributed by atoms with Gasteiger partial charge < -0.3 is 10.2 Å². The molecule has 114 valence electrons. The van der Waals surface area contributed by atoms with Crippen LogP contribution in [0.2, 0.25) is 0 Å². The first-order valence-corrected chi connectivity index (χ1v) is 6.82. The molecule has 0 aliphatic heterocycles. The Bertz CT molecular complexity index is 752. The van der Waals surface area contributed by atoms with Crippen molar-refractivity contribution in [2.45, 2.75) is 20.8 Å². The van der Waals surface area contributed by atoms with Crippen LogP contribution in [0.1, 0.15) is 34.0 Å². The molecule has 0 saturated heterocycles. The number of phenols is 2. The molecule has 0 aromatic heterocycles. The number of rotatable bonds is 3. The number of hydrazone groups is 1. The quantitative estimate of drug-likeness (QED) is 0.463. The van der Waals surface area contributed by atoms with Crippen molar-refractivity contribution in [2.24, 2.45) is 5.10 Å². The molecule has 2 rings (SSSR count). The minimum atomic E-state index is -0.585. The number of benzene rings is 2. The smallest absolute Gasteiger partial charge is 0.275 e. The van der Waals surface area contributed by atoms with E-state index in [1.165, 1.54) is 18.2 Å². The van der Waals surface area contributed by atoms with Crippen molar-refractivity contribution in [1.29, 1.82) is 0 Å². The van der Waals surface area contributed by atoms with Crippen molar-refractivity contribution in [3.63, 3.8) is 0 Å². The van der Waals surface area contributed by atoms with E-state index >= 15 is 0 Å². The highest BCUT2D eigenvalue weighted by atomic mass is 16.3. The standard InChI is InChI=1S/C17H18N2O3/c1-10-4-5-11(2)14(8-10)12(3)18-19-17(22)15-9-13(20)6-7-16(15)21/h4-9,20-21H,1-3H3,(H,19,22). The lowest BCUT2D eigenvalue weighted by molar-refractivity contribution is 0.0951. The normalized spacial score (nSPS) is 11.3. The second kappa shape index (κ2) is 6.30. The van der Waals surface area contributed by atoms with Gasteiger partial charge in [0.15, 0.2) is 0 Å². The van der Waals surface area contributed by atoms with Gasteiger partial charge in [0.05, 0.1) is 11.3 Å². The highest BCUT2D eigenvalue weighted by Gasteiger charge is 2.12. The van der Waals surface area contributed by atoms with Crippen LogP contribution in [0.25, 0.3) is 0 Å². The fraction of sp³-hybridized carbons (Fsp3) is 0.176. The Labute approximate surface area is 128 Å². The maximum atomic E-state index is 12.0. The predicted molar refractivity (Wildman–Crippen MR) is 85.4 cm³/mol. The summed E-state index contributed by atoms with van der Waals surface area (Å²) in [6.45, 7) is 5.75. The summed E-state index contributed by atoms with van der Waals surface area (Å²) >= 11 is 0. The van der Waals surface area contributed by atoms with Gasteiger partial charge in [0.25, 0.3) is 5.91 Å². The number of nitrogens with zero attached hydrogens (tertiary/aromatic N) is 1. The second-order valence-electron chi connectivity index (χ2n) is 5.16. The Balaban J connectivity index is 2.22. The lowest BCUT2D eigenvalue weighted by Crippen LogP contribution is -2.19. The molecule has 5 nitrogen and oxygen atoms in total. The Morgan fingerprint density at radius 3 is 2.50 bits per heavy atom. The van der Waals surface area contributed by atoms with Gasteiger partial charge in [-0.05, 0) is 50.6 Å². The summed E-state index contributed by atoms with van der Waals surface area (Å²) in [6, 6.07) is 9.74. The molecule has 0 bridgehead atoms. The first-order valence-electron chi connectivity index (χ1n) is 6.82. The van der Waals surface area contributed by atoms with Gasteiger partial charge in [-0.25, -0.2) is 5.43 Å². The van der Waals surface area contributed by atoms with Crippen LogP contribution < -0.4 is 5.43 Å². The minimum Gasteiger partial charge on any atom is -0.508 e. The molecule has 0 unspecified atom stereocenters. The number of phenolic OH excluding ortho intramolecular Hbond substituents is 2. The van der Waals surface area contributed by atoms with Crippen molar-refractivity contribution >= 4 is 11.6 Å². The summed E-state index contributed by atoms with van der Waals surface area (Å²) in [5.41, 5.74) is 6.13. The molecule has 3 N–H and O–H groups in total. The number of hydrogen-bond acceptors (Lipinski definition) is 4. The van der Waals surface area contributed by atoms with E-state index in [9.17, 15) is 15.0 Å². The molecule has 0 saturated carbocycles. The van der Waals surface area contributed by atoms with Crippen LogP contribution in [0.3, 0.4) is 0 Å². The van der Waals surface area contributed by atoms with Crippen LogP contribution in [0.15, 0.2) is 41.5 Å². The number of hydrogen-bond donors (Lipinski definition) is 3. The first kappa shape index (κ1) is 15.6. The highest BCUT2D eigenvalue weighted by molar-refractivity contribution is 6.02. The summed E-state index contributed by atoms with van der Waals surface area (Å²) < 4.78 is 0. The Morgan fingerprint density at radius 2 is 1.77 bits per heavy atom. The third-order valence-corrected chi connectivity index (χ3v) is 3.33. The fourth-order valence-electron chi connectivity index (χ4n) is 2.09. The average molecular weight is 298 g/mol. The number of nitrogens with one attached hydrogen (secondary N) is 1. The van der Waals surface area contributed by atoms with Crippen LogP contribution in [0.4, 0.5) is 0 Å². The van der Waals surface area contributed by atoms with Gasteiger partial charge in [-0.2, -0.15) is 5.10 Å². The minimum absolute atomic E-state index is 0.0301. The number of carbonyl (C=O) groups is 1. The molecule has 0 spiro atoms. The van der Waals surface area contributed by atoms with Crippen molar-refractivity contribution < 1.29 is 15.0 Å². The molecule has 0 fully saturated rings. The van der Waals surface area contributed by atoms with Crippen molar-refractivity contribution in [2.75, 3.05) is 0 Å². The van der Waals surface area contributed by atoms with Gasteiger partial charge in [0.1, 0.15) is 11.5 Å². The largest absolute Gasteiger partial charge is 0.508 e. The van der Waals surface area contributed by atoms with Gasteiger partial charge >= 0.3 is 0 Å². The zero-order valence-electron chi connectivity index (χ0n) is 12.7. The van der Waals surface area contributed by atoms with Gasteiger partial charge in [-0.3, -0.25) is 4.79 Å². The topological polar surface area (TPSA) is 81.9 Å². The monoisotopic (exact) mass is 298 g/mol. The summed E-state index contributed by atoms with van der Waals surface area (Å²) in [5.74, 6) is -0.897. The van der Waals surface area contributed by atoms with E-state index in [-0.39, 0.29) is 17.1 Å². The van der Waals surface area contributed by atoms with Gasteiger partial charge in [0, 0.05) is 5.56 Å². The summed E-state index contributed by atoms with van der Waals surface area (Å²) in [6.07, 6.45) is 0. The van der Waals surface area contributed by atoms with Gasteiger partial charge in [-0.1, -0.05) is 17.7 Å². The molecule has 0 atom stereocenters. The lowest BCUT2D eigenvalue weighted by atomic mass is 10.0. The van der Waals surface area contributed by atoms with E-state index < -0.39 is 5.91 Å². The molecule has 22 heavy (non-hydrogen) atoms. The van der Waals surface area contributed by atoms with Crippen LogP contribution in [-0.4, -0.2) is 21.8 Å². The average Bonchev–Trinajstić information content (AvgIpc) is 2.49. The molecule has 1 amide bonds. The van der Waals surface area contributed by atoms with Crippen LogP contribution in [0.5, 0.6) is 11.5 Å². The molecule has 2 aromatic carbocycles. The number of aryl methyl sites for hydroxylation is 2. The first-order chi connectivity index (χ1) is 10.4. The zero-order valence-corrected chi connectivity index (χ0v) is 12.7. The molecular formula is C17H18N2O3. The van der Waals surface area contributed by atoms with E-state index in [4.69, 9.17) is 0 Å². The van der Waals surface area contributed by atoms with E-state index in [0.717, 1.165) is 16.7 Å². The molecule has 0 heterocycles. The maximum absolute atomic E-state index is 12.0. The van der Waals surface area contributed by atoms with Crippen molar-refractivity contribution in [3.8, 4) is 11.5 Å². The van der Waals surface area contributed by atoms with E-state index in [2.05, 4.69) is 10.5 Å². The van der Waals surface area contributed by atoms with Crippen molar-refractivity contribution in [1.82, 2.24) is 5.43 Å². The van der Waals surface area contributed by atoms with Crippen molar-refractivity contribution in [3.05, 3.63) is 58.7 Å². The molecular weight excluding hydrogens is 280 g/mol. The maximum Gasteiger partial charge on any atom is 0.275 e. The highest BCUT2D eigenvalue weighted by Crippen LogP contribution is 2.21. The van der Waals surface area contributed by atoms with E-state index in [1.54, 1.807) is 6.92 Å². The predicted octanol–water partition coefficient (Wildman–Crippen LogP) is 2.87. The van der Waals surface area contributed by atoms with Crippen LogP contribution in [-0.2, 0) is 0 Å². The lowest BCUT2D eigenvalue weighted by Gasteiger charge is -2.08. The van der Waals surface area contributed by atoms with Crippen LogP contribution in [0, 0.1) is 13.8 Å². The van der Waals surface area contributed by atoms with Gasteiger partial charge in [-0.15, -0.1) is 0 Å². The molecule has 0 radical (unpaired) electrons. The number of carbonyl (C=O) groups excluding carboxylic acids is 1. The fourth-order valence-corrected chi connectivity index (χ4v) is 2.09. The van der Waals surface area contributed by atoms with Crippen LogP contribution >= 0.6 is 0 Å². The Morgan fingerprint density at radius 1 is 1.05 bits per heavy atom. The molecule has 5 heteroatoms. The van der Waals surface area contributed by atoms with E-state index in [1.807, 2.05) is 32.0 Å². The zero-order chi connectivity index (χ0) is 16.3. The SMILES string of the molecule is CC(=NNC(=O)c1cc(O)ccc1O)c1cc(C)ccc1C. The number of amides is 1. The Hall–Kier alpha value is -2.82.